The number of H-pyrrole nitrogens is 1. The molecule has 5 rings (SSSR count). The molecule has 7 N–H and O–H groups in total. The number of anilines is 1. The Morgan fingerprint density at radius 2 is 1.57 bits per heavy atom. The number of fused-ring (bicyclic) bond motifs is 1. The summed E-state index contributed by atoms with van der Waals surface area (Å²) in [6, 6.07) is 21.1. The van der Waals surface area contributed by atoms with Crippen LogP contribution < -0.4 is 16.4 Å². The Balaban J connectivity index is 0.000000488. The molecule has 3 aromatic carbocycles. The van der Waals surface area contributed by atoms with Crippen LogP contribution in [-0.4, -0.2) is 62.5 Å². The first-order valence-corrected chi connectivity index (χ1v) is 13.6. The molecule has 1 aliphatic heterocycles. The zero-order chi connectivity index (χ0) is 31.6. The number of hydrogen-bond acceptors (Lipinski definition) is 6. The van der Waals surface area contributed by atoms with Crippen LogP contribution in [0.15, 0.2) is 91.1 Å². The first kappa shape index (κ1) is 31.2. The number of imide groups is 1. The van der Waals surface area contributed by atoms with Gasteiger partial charge in [0.25, 0.3) is 11.8 Å². The van der Waals surface area contributed by atoms with Crippen molar-refractivity contribution in [2.75, 3.05) is 11.9 Å². The molecule has 12 heteroatoms. The number of hydrogen-bond donors (Lipinski definition) is 6. The van der Waals surface area contributed by atoms with Crippen LogP contribution in [0.3, 0.4) is 0 Å². The molecule has 0 spiro atoms. The van der Waals surface area contributed by atoms with Gasteiger partial charge >= 0.3 is 18.0 Å². The van der Waals surface area contributed by atoms with E-state index in [2.05, 4.69) is 21.7 Å². The van der Waals surface area contributed by atoms with E-state index in [9.17, 15) is 24.0 Å². The van der Waals surface area contributed by atoms with Crippen molar-refractivity contribution in [3.05, 3.63) is 113 Å². The molecule has 1 aliphatic rings. The van der Waals surface area contributed by atoms with Crippen molar-refractivity contribution in [2.24, 2.45) is 5.73 Å². The van der Waals surface area contributed by atoms with Gasteiger partial charge in [-0.05, 0) is 66.1 Å². The smallest absolute Gasteiger partial charge is 0.328 e. The van der Waals surface area contributed by atoms with Crippen LogP contribution in [0, 0.1) is 0 Å². The maximum Gasteiger partial charge on any atom is 0.328 e. The lowest BCUT2D eigenvalue weighted by Gasteiger charge is -2.14. The Morgan fingerprint density at radius 3 is 2.20 bits per heavy atom. The maximum atomic E-state index is 13.0. The molecule has 1 fully saturated rings. The van der Waals surface area contributed by atoms with E-state index in [0.29, 0.717) is 36.4 Å². The van der Waals surface area contributed by atoms with Gasteiger partial charge in [-0.1, -0.05) is 36.4 Å². The van der Waals surface area contributed by atoms with Crippen LogP contribution in [0.1, 0.15) is 27.0 Å². The minimum atomic E-state index is -1.26. The van der Waals surface area contributed by atoms with Crippen molar-refractivity contribution in [1.82, 2.24) is 15.2 Å². The van der Waals surface area contributed by atoms with Crippen molar-refractivity contribution in [3.63, 3.8) is 0 Å². The maximum absolute atomic E-state index is 13.0. The van der Waals surface area contributed by atoms with Crippen molar-refractivity contribution < 1.29 is 34.2 Å². The van der Waals surface area contributed by atoms with Crippen LogP contribution in [0.25, 0.3) is 10.9 Å². The summed E-state index contributed by atoms with van der Waals surface area (Å²) in [4.78, 5) is 61.7. The van der Waals surface area contributed by atoms with Crippen LogP contribution in [0.2, 0.25) is 0 Å². The van der Waals surface area contributed by atoms with Gasteiger partial charge in [-0.15, -0.1) is 0 Å². The van der Waals surface area contributed by atoms with E-state index in [4.69, 9.17) is 15.9 Å². The lowest BCUT2D eigenvalue weighted by Crippen LogP contribution is -2.32. The van der Waals surface area contributed by atoms with E-state index >= 15 is 0 Å². The molecule has 226 valence electrons. The molecule has 12 nitrogen and oxygen atoms in total. The van der Waals surface area contributed by atoms with Crippen molar-refractivity contribution in [2.45, 2.75) is 25.4 Å². The fourth-order valence-corrected chi connectivity index (χ4v) is 4.63. The molecule has 4 aromatic rings. The highest BCUT2D eigenvalue weighted by Gasteiger charge is 2.37. The Hall–Kier alpha value is -5.75. The van der Waals surface area contributed by atoms with Gasteiger partial charge in [0.05, 0.1) is 6.54 Å². The number of rotatable bonds is 10. The van der Waals surface area contributed by atoms with Gasteiger partial charge < -0.3 is 31.6 Å². The number of nitrogens with one attached hydrogen (secondary N) is 3. The Kier molecular flexibility index (Phi) is 10.2. The summed E-state index contributed by atoms with van der Waals surface area (Å²) >= 11 is 0. The normalized spacial score (nSPS) is 14.3. The number of carbonyl (C=O) groups is 5. The second kappa shape index (κ2) is 14.4. The summed E-state index contributed by atoms with van der Waals surface area (Å²) in [5.41, 5.74) is 10.8. The number of amides is 4. The van der Waals surface area contributed by atoms with Gasteiger partial charge in [0.2, 0.25) is 0 Å². The number of aliphatic carboxylic acids is 2. The SMILES string of the molecule is NCCc1c[nH]c2ccc(CC3NC(=O)N(Cc4ccc(C(=O)Nc5ccccc5)cc4)C3=O)cc12.O=C(O)C=CC(=O)O. The van der Waals surface area contributed by atoms with E-state index in [-0.39, 0.29) is 18.4 Å². The van der Waals surface area contributed by atoms with Gasteiger partial charge in [-0.3, -0.25) is 14.5 Å². The van der Waals surface area contributed by atoms with E-state index in [1.165, 1.54) is 4.90 Å². The Morgan fingerprint density at radius 1 is 0.909 bits per heavy atom. The van der Waals surface area contributed by atoms with E-state index in [1.807, 2.05) is 48.7 Å². The number of carbonyl (C=O) groups excluding carboxylic acids is 3. The summed E-state index contributed by atoms with van der Waals surface area (Å²) in [5, 5.41) is 22.4. The van der Waals surface area contributed by atoms with E-state index in [1.54, 1.807) is 24.3 Å². The van der Waals surface area contributed by atoms with Gasteiger partial charge in [-0.25, -0.2) is 14.4 Å². The molecule has 0 saturated carbocycles. The lowest BCUT2D eigenvalue weighted by atomic mass is 10.0. The minimum Gasteiger partial charge on any atom is -0.478 e. The first-order chi connectivity index (χ1) is 21.1. The fraction of sp³-hybridized carbons (Fsp3) is 0.156. The minimum absolute atomic E-state index is 0.138. The zero-order valence-corrected chi connectivity index (χ0v) is 23.5. The summed E-state index contributed by atoms with van der Waals surface area (Å²) in [7, 11) is 0. The number of benzene rings is 3. The summed E-state index contributed by atoms with van der Waals surface area (Å²) < 4.78 is 0. The second-order valence-corrected chi connectivity index (χ2v) is 9.89. The molecule has 1 atom stereocenters. The van der Waals surface area contributed by atoms with Crippen molar-refractivity contribution in [1.29, 1.82) is 0 Å². The third-order valence-electron chi connectivity index (χ3n) is 6.75. The summed E-state index contributed by atoms with van der Waals surface area (Å²) in [5.74, 6) is -3.00. The van der Waals surface area contributed by atoms with Gasteiger partial charge in [0, 0.05) is 46.9 Å². The molecule has 0 aliphatic carbocycles. The molecule has 0 radical (unpaired) electrons. The third kappa shape index (κ3) is 8.17. The van der Waals surface area contributed by atoms with Crippen molar-refractivity contribution in [3.8, 4) is 0 Å². The molecule has 2 heterocycles. The summed E-state index contributed by atoms with van der Waals surface area (Å²) in [6.45, 7) is 0.696. The molecular formula is C32H31N5O7. The van der Waals surface area contributed by atoms with Crippen LogP contribution in [-0.2, 0) is 33.8 Å². The number of para-hydroxylation sites is 1. The predicted octanol–water partition coefficient (Wildman–Crippen LogP) is 3.30. The largest absolute Gasteiger partial charge is 0.478 e. The van der Waals surface area contributed by atoms with Crippen LogP contribution in [0.4, 0.5) is 10.5 Å². The monoisotopic (exact) mass is 597 g/mol. The molecule has 44 heavy (non-hydrogen) atoms. The number of aromatic amines is 1. The fourth-order valence-electron chi connectivity index (χ4n) is 4.63. The molecule has 4 amide bonds. The average Bonchev–Trinajstić information content (AvgIpc) is 3.52. The van der Waals surface area contributed by atoms with Crippen LogP contribution in [0.5, 0.6) is 0 Å². The Labute approximate surface area is 252 Å². The van der Waals surface area contributed by atoms with Crippen molar-refractivity contribution >= 4 is 46.4 Å². The molecule has 1 unspecified atom stereocenters. The third-order valence-corrected chi connectivity index (χ3v) is 6.75. The molecule has 1 saturated heterocycles. The van der Waals surface area contributed by atoms with Gasteiger partial charge in [0.1, 0.15) is 6.04 Å². The van der Waals surface area contributed by atoms with Gasteiger partial charge in [-0.2, -0.15) is 0 Å². The van der Waals surface area contributed by atoms with Gasteiger partial charge in [0.15, 0.2) is 0 Å². The average molecular weight is 598 g/mol. The number of carboxylic acid groups (broad SMARTS) is 2. The summed E-state index contributed by atoms with van der Waals surface area (Å²) in [6.07, 6.45) is 4.25. The van der Waals surface area contributed by atoms with E-state index in [0.717, 1.165) is 34.0 Å². The van der Waals surface area contributed by atoms with Crippen LogP contribution >= 0.6 is 0 Å². The van der Waals surface area contributed by atoms with E-state index < -0.39 is 24.0 Å². The standard InChI is InChI=1S/C28H27N5O3.C4H4O4/c29-13-12-21-16-30-24-11-8-19(14-23(21)24)15-25-27(35)33(28(36)32-25)17-18-6-9-20(10-7-18)26(34)31-22-4-2-1-3-5-22;5-3(6)1-2-4(7)8/h1-11,14,16,25,30H,12-13,15,17,29H2,(H,31,34)(H,32,36);1-2H,(H,5,6)(H,7,8). The molecule has 1 aromatic heterocycles. The number of urea groups is 1. The number of nitrogens with zero attached hydrogens (tertiary/aromatic N) is 1. The second-order valence-electron chi connectivity index (χ2n) is 9.89. The number of aromatic nitrogens is 1. The first-order valence-electron chi connectivity index (χ1n) is 13.6. The molecule has 0 bridgehead atoms. The topological polar surface area (TPSA) is 195 Å². The quantitative estimate of drug-likeness (QED) is 0.118. The number of carboxylic acids is 2. The molecular weight excluding hydrogens is 566 g/mol. The predicted molar refractivity (Wildman–Crippen MR) is 163 cm³/mol. The lowest BCUT2D eigenvalue weighted by molar-refractivity contribution is -0.134. The highest BCUT2D eigenvalue weighted by Crippen LogP contribution is 2.23. The zero-order valence-electron chi connectivity index (χ0n) is 23.5. The highest BCUT2D eigenvalue weighted by atomic mass is 16.4. The Bertz CT molecular complexity index is 1680. The highest BCUT2D eigenvalue weighted by molar-refractivity contribution is 6.05. The number of nitrogens with two attached hydrogens (primary N) is 1.